The van der Waals surface area contributed by atoms with E-state index >= 15 is 0 Å². The van der Waals surface area contributed by atoms with E-state index in [1.807, 2.05) is 49.4 Å². The van der Waals surface area contributed by atoms with Crippen LogP contribution in [0.4, 0.5) is 5.69 Å². The number of rotatable bonds is 4. The van der Waals surface area contributed by atoms with E-state index in [0.29, 0.717) is 28.3 Å². The number of hydrogen-bond acceptors (Lipinski definition) is 5. The molecule has 6 heteroatoms. The Bertz CT molecular complexity index is 1230. The predicted octanol–water partition coefficient (Wildman–Crippen LogP) is 3.79. The number of ether oxygens (including phenoxy) is 2. The molecule has 0 aromatic heterocycles. The number of nitrogens with zero attached hydrogens (tertiary/aromatic N) is 1. The number of esters is 1. The first-order chi connectivity index (χ1) is 15.5. The molecule has 0 radical (unpaired) electrons. The minimum atomic E-state index is -1.39. The number of amides is 2. The van der Waals surface area contributed by atoms with Crippen LogP contribution in [-0.4, -0.2) is 24.9 Å². The highest BCUT2D eigenvalue weighted by molar-refractivity contribution is 6.23. The zero-order valence-corrected chi connectivity index (χ0v) is 17.7. The summed E-state index contributed by atoms with van der Waals surface area (Å²) >= 11 is 0. The van der Waals surface area contributed by atoms with Crippen molar-refractivity contribution in [1.82, 2.24) is 0 Å². The molecule has 32 heavy (non-hydrogen) atoms. The molecule has 2 aliphatic rings. The number of carbonyl (C=O) groups is 3. The van der Waals surface area contributed by atoms with Crippen LogP contribution in [0.2, 0.25) is 0 Å². The molecular weight excluding hydrogens is 406 g/mol. The molecule has 0 N–H and O–H groups in total. The summed E-state index contributed by atoms with van der Waals surface area (Å²) < 4.78 is 10.8. The summed E-state index contributed by atoms with van der Waals surface area (Å²) in [5.41, 5.74) is 1.25. The second kappa shape index (κ2) is 7.34. The van der Waals surface area contributed by atoms with Crippen LogP contribution >= 0.6 is 0 Å². The average molecular weight is 427 g/mol. The zero-order valence-electron chi connectivity index (χ0n) is 17.7. The van der Waals surface area contributed by atoms with Crippen LogP contribution in [0.1, 0.15) is 23.1 Å². The van der Waals surface area contributed by atoms with Gasteiger partial charge in [0.15, 0.2) is 0 Å². The Morgan fingerprint density at radius 3 is 2.38 bits per heavy atom. The van der Waals surface area contributed by atoms with Gasteiger partial charge in [0.1, 0.15) is 16.9 Å². The van der Waals surface area contributed by atoms with Crippen molar-refractivity contribution in [2.24, 2.45) is 5.92 Å². The summed E-state index contributed by atoms with van der Waals surface area (Å²) in [5, 5.41) is 0. The van der Waals surface area contributed by atoms with Crippen LogP contribution in [0.5, 0.6) is 11.5 Å². The maximum atomic E-state index is 13.7. The molecule has 0 saturated carbocycles. The number of imide groups is 1. The highest BCUT2D eigenvalue weighted by Gasteiger charge is 2.62. The van der Waals surface area contributed by atoms with Gasteiger partial charge < -0.3 is 9.47 Å². The number of hydrogen-bond donors (Lipinski definition) is 0. The molecule has 6 nitrogen and oxygen atoms in total. The Kier molecular flexibility index (Phi) is 4.59. The third kappa shape index (κ3) is 2.76. The fourth-order valence-corrected chi connectivity index (χ4v) is 4.81. The molecule has 160 valence electrons. The van der Waals surface area contributed by atoms with Gasteiger partial charge in [-0.1, -0.05) is 48.0 Å². The lowest BCUT2D eigenvalue weighted by Gasteiger charge is -2.31. The van der Waals surface area contributed by atoms with Crippen molar-refractivity contribution in [3.63, 3.8) is 0 Å². The van der Waals surface area contributed by atoms with Crippen molar-refractivity contribution in [3.05, 3.63) is 89.5 Å². The first-order valence-corrected chi connectivity index (χ1v) is 10.4. The SMILES string of the molecule is COc1ccc(N2C(=O)C[C@@H]([C@@]3(c4ccccc4)C(=O)Oc4ccc(C)cc43)C2=O)cc1. The van der Waals surface area contributed by atoms with Crippen molar-refractivity contribution >= 4 is 23.5 Å². The predicted molar refractivity (Wildman–Crippen MR) is 118 cm³/mol. The Labute approximate surface area is 185 Å². The number of aryl methyl sites for hydroxylation is 1. The second-order valence-electron chi connectivity index (χ2n) is 8.09. The lowest BCUT2D eigenvalue weighted by molar-refractivity contribution is -0.141. The van der Waals surface area contributed by atoms with Gasteiger partial charge in [0.05, 0.1) is 18.7 Å². The van der Waals surface area contributed by atoms with Crippen molar-refractivity contribution < 1.29 is 23.9 Å². The van der Waals surface area contributed by atoms with Gasteiger partial charge in [-0.2, -0.15) is 0 Å². The Morgan fingerprint density at radius 1 is 0.969 bits per heavy atom. The highest BCUT2D eigenvalue weighted by Crippen LogP contribution is 2.52. The molecule has 3 aromatic rings. The summed E-state index contributed by atoms with van der Waals surface area (Å²) in [7, 11) is 1.55. The maximum absolute atomic E-state index is 13.7. The molecule has 3 aromatic carbocycles. The van der Waals surface area contributed by atoms with Gasteiger partial charge in [0.2, 0.25) is 11.8 Å². The van der Waals surface area contributed by atoms with Crippen molar-refractivity contribution in [1.29, 1.82) is 0 Å². The number of methoxy groups -OCH3 is 1. The first-order valence-electron chi connectivity index (χ1n) is 10.4. The summed E-state index contributed by atoms with van der Waals surface area (Å²) in [5.74, 6) is -1.19. The Morgan fingerprint density at radius 2 is 1.69 bits per heavy atom. The van der Waals surface area contributed by atoms with E-state index in [0.717, 1.165) is 10.5 Å². The molecule has 2 amide bonds. The molecule has 0 aliphatic carbocycles. The zero-order chi connectivity index (χ0) is 22.5. The molecule has 0 spiro atoms. The fourth-order valence-electron chi connectivity index (χ4n) is 4.81. The Balaban J connectivity index is 1.68. The molecule has 5 rings (SSSR count). The van der Waals surface area contributed by atoms with Crippen LogP contribution in [0.25, 0.3) is 0 Å². The molecule has 1 fully saturated rings. The number of fused-ring (bicyclic) bond motifs is 1. The smallest absolute Gasteiger partial charge is 0.327 e. The number of anilines is 1. The van der Waals surface area contributed by atoms with E-state index in [9.17, 15) is 14.4 Å². The highest BCUT2D eigenvalue weighted by atomic mass is 16.5. The van der Waals surface area contributed by atoms with Gasteiger partial charge in [-0.15, -0.1) is 0 Å². The molecule has 2 atom stereocenters. The molecule has 2 aliphatic heterocycles. The normalized spacial score (nSPS) is 22.1. The van der Waals surface area contributed by atoms with Crippen LogP contribution in [-0.2, 0) is 19.8 Å². The van der Waals surface area contributed by atoms with Crippen LogP contribution < -0.4 is 14.4 Å². The lowest BCUT2D eigenvalue weighted by Crippen LogP contribution is -2.46. The number of carbonyl (C=O) groups excluding carboxylic acids is 3. The van der Waals surface area contributed by atoms with Crippen LogP contribution in [0, 0.1) is 12.8 Å². The van der Waals surface area contributed by atoms with E-state index in [4.69, 9.17) is 9.47 Å². The van der Waals surface area contributed by atoms with Crippen molar-refractivity contribution in [3.8, 4) is 11.5 Å². The number of benzene rings is 3. The van der Waals surface area contributed by atoms with Gasteiger partial charge in [-0.05, 0) is 42.8 Å². The molecule has 1 saturated heterocycles. The average Bonchev–Trinajstić information content (AvgIpc) is 3.26. The monoisotopic (exact) mass is 427 g/mol. The minimum absolute atomic E-state index is 0.0950. The Hall–Kier alpha value is -3.93. The van der Waals surface area contributed by atoms with Gasteiger partial charge in [0.25, 0.3) is 0 Å². The first kappa shape index (κ1) is 20.0. The third-order valence-corrected chi connectivity index (χ3v) is 6.31. The van der Waals surface area contributed by atoms with Gasteiger partial charge in [-0.3, -0.25) is 19.3 Å². The van der Waals surface area contributed by atoms with Gasteiger partial charge in [-0.25, -0.2) is 0 Å². The second-order valence-corrected chi connectivity index (χ2v) is 8.09. The van der Waals surface area contributed by atoms with E-state index < -0.39 is 23.2 Å². The summed E-state index contributed by atoms with van der Waals surface area (Å²) in [6.07, 6.45) is -0.0950. The summed E-state index contributed by atoms with van der Waals surface area (Å²) in [6.45, 7) is 1.92. The lowest BCUT2D eigenvalue weighted by atomic mass is 9.65. The van der Waals surface area contributed by atoms with Gasteiger partial charge >= 0.3 is 5.97 Å². The molecule has 2 heterocycles. The van der Waals surface area contributed by atoms with E-state index in [1.54, 1.807) is 37.4 Å². The quantitative estimate of drug-likeness (QED) is 0.360. The summed E-state index contributed by atoms with van der Waals surface area (Å²) in [4.78, 5) is 41.5. The van der Waals surface area contributed by atoms with Crippen molar-refractivity contribution in [2.75, 3.05) is 12.0 Å². The molecule has 0 bridgehead atoms. The van der Waals surface area contributed by atoms with Crippen LogP contribution in [0.15, 0.2) is 72.8 Å². The van der Waals surface area contributed by atoms with E-state index in [2.05, 4.69) is 0 Å². The molecule has 0 unspecified atom stereocenters. The summed E-state index contributed by atoms with van der Waals surface area (Å²) in [6, 6.07) is 21.3. The topological polar surface area (TPSA) is 72.9 Å². The van der Waals surface area contributed by atoms with Crippen LogP contribution in [0.3, 0.4) is 0 Å². The van der Waals surface area contributed by atoms with E-state index in [1.165, 1.54) is 0 Å². The van der Waals surface area contributed by atoms with Gasteiger partial charge in [0, 0.05) is 12.0 Å². The standard InChI is InChI=1S/C26H21NO5/c1-16-8-13-22-20(14-16)26(25(30)32-22,17-6-4-3-5-7-17)21-15-23(28)27(24(21)29)18-9-11-19(31-2)12-10-18/h3-14,21H,15H2,1-2H3/t21-,26+/m1/s1. The minimum Gasteiger partial charge on any atom is -0.497 e. The largest absolute Gasteiger partial charge is 0.497 e. The van der Waals surface area contributed by atoms with E-state index in [-0.39, 0.29) is 12.3 Å². The molecular formula is C26H21NO5. The van der Waals surface area contributed by atoms with Crippen molar-refractivity contribution in [2.45, 2.75) is 18.8 Å². The third-order valence-electron chi connectivity index (χ3n) is 6.31. The maximum Gasteiger partial charge on any atom is 0.327 e. The fraction of sp³-hybridized carbons (Fsp3) is 0.192.